The van der Waals surface area contributed by atoms with Crippen LogP contribution in [0, 0.1) is 0 Å². The first kappa shape index (κ1) is 16.3. The molecule has 9 nitrogen and oxygen atoms in total. The molecule has 0 saturated heterocycles. The van der Waals surface area contributed by atoms with E-state index in [0.29, 0.717) is 24.5 Å². The summed E-state index contributed by atoms with van der Waals surface area (Å²) in [4.78, 5) is 12.8. The van der Waals surface area contributed by atoms with Gasteiger partial charge in [0.25, 0.3) is 0 Å². The molecule has 0 atom stereocenters. The van der Waals surface area contributed by atoms with Crippen LogP contribution in [0.4, 0.5) is 5.82 Å². The number of anilines is 1. The van der Waals surface area contributed by atoms with Crippen LogP contribution < -0.4 is 5.32 Å². The van der Waals surface area contributed by atoms with E-state index in [1.165, 1.54) is 6.33 Å². The monoisotopic (exact) mass is 331 g/mol. The summed E-state index contributed by atoms with van der Waals surface area (Å²) in [5.41, 5.74) is 0.708. The molecule has 128 valence electrons. The van der Waals surface area contributed by atoms with Gasteiger partial charge in [0, 0.05) is 18.9 Å². The fourth-order valence-electron chi connectivity index (χ4n) is 2.34. The molecule has 3 heterocycles. The quantitative estimate of drug-likeness (QED) is 0.595. The Morgan fingerprint density at radius 3 is 2.96 bits per heavy atom. The molecule has 0 aliphatic carbocycles. The molecule has 0 saturated carbocycles. The number of hydrogen-bond acceptors (Lipinski definition) is 8. The van der Waals surface area contributed by atoms with Crippen molar-refractivity contribution in [3.8, 4) is 0 Å². The molecule has 3 aromatic heterocycles. The zero-order valence-corrected chi connectivity index (χ0v) is 13.8. The van der Waals surface area contributed by atoms with Gasteiger partial charge in [0.1, 0.15) is 12.1 Å². The Morgan fingerprint density at radius 2 is 2.21 bits per heavy atom. The summed E-state index contributed by atoms with van der Waals surface area (Å²) < 4.78 is 6.89. The number of fused-ring (bicyclic) bond motifs is 1. The van der Waals surface area contributed by atoms with Crippen molar-refractivity contribution in [3.63, 3.8) is 0 Å². The van der Waals surface area contributed by atoms with Gasteiger partial charge in [-0.1, -0.05) is 19.0 Å². The molecule has 0 fully saturated rings. The van der Waals surface area contributed by atoms with Crippen molar-refractivity contribution >= 4 is 16.9 Å². The lowest BCUT2D eigenvalue weighted by atomic mass is 10.2. The molecular weight excluding hydrogens is 310 g/mol. The zero-order valence-electron chi connectivity index (χ0n) is 13.8. The van der Waals surface area contributed by atoms with Crippen LogP contribution in [0.25, 0.3) is 11.0 Å². The molecule has 9 heteroatoms. The van der Waals surface area contributed by atoms with Crippen LogP contribution in [0.3, 0.4) is 0 Å². The highest BCUT2D eigenvalue weighted by Crippen LogP contribution is 2.18. The summed E-state index contributed by atoms with van der Waals surface area (Å²) in [5, 5.41) is 21.3. The van der Waals surface area contributed by atoms with Crippen molar-refractivity contribution in [2.24, 2.45) is 0 Å². The molecule has 0 amide bonds. The number of aryl methyl sites for hydroxylation is 1. The summed E-state index contributed by atoms with van der Waals surface area (Å²) in [7, 11) is 0. The second kappa shape index (κ2) is 7.35. The highest BCUT2D eigenvalue weighted by molar-refractivity contribution is 5.85. The Hall–Kier alpha value is -2.55. The largest absolute Gasteiger partial charge is 0.394 e. The molecule has 2 N–H and O–H groups in total. The molecule has 3 rings (SSSR count). The summed E-state index contributed by atoms with van der Waals surface area (Å²) in [6.45, 7) is 5.22. The Morgan fingerprint density at radius 1 is 1.33 bits per heavy atom. The van der Waals surface area contributed by atoms with E-state index < -0.39 is 0 Å². The van der Waals surface area contributed by atoms with E-state index in [1.54, 1.807) is 10.9 Å². The van der Waals surface area contributed by atoms with Gasteiger partial charge in [-0.05, 0) is 6.42 Å². The molecule has 24 heavy (non-hydrogen) atoms. The fourth-order valence-corrected chi connectivity index (χ4v) is 2.34. The average Bonchev–Trinajstić information content (AvgIpc) is 3.20. The SMILES string of the molecule is CC(C)c1noc(CCCNc2ncnc3c2cnn3CCO)n1. The molecule has 3 aromatic rings. The smallest absolute Gasteiger partial charge is 0.226 e. The molecule has 0 aliphatic heterocycles. The first-order valence-corrected chi connectivity index (χ1v) is 8.02. The zero-order chi connectivity index (χ0) is 16.9. The van der Waals surface area contributed by atoms with E-state index in [2.05, 4.69) is 30.5 Å². The molecule has 0 aromatic carbocycles. The third-order valence-electron chi connectivity index (χ3n) is 3.61. The van der Waals surface area contributed by atoms with Gasteiger partial charge in [-0.25, -0.2) is 14.6 Å². The normalized spacial score (nSPS) is 11.5. The fraction of sp³-hybridized carbons (Fsp3) is 0.533. The number of aliphatic hydroxyl groups excluding tert-OH is 1. The van der Waals surface area contributed by atoms with Crippen molar-refractivity contribution in [1.29, 1.82) is 0 Å². The lowest BCUT2D eigenvalue weighted by molar-refractivity contribution is 0.271. The summed E-state index contributed by atoms with van der Waals surface area (Å²) in [5.74, 6) is 2.40. The predicted octanol–water partition coefficient (Wildman–Crippen LogP) is 1.37. The summed E-state index contributed by atoms with van der Waals surface area (Å²) >= 11 is 0. The number of rotatable bonds is 8. The van der Waals surface area contributed by atoms with Crippen molar-refractivity contribution in [2.45, 2.75) is 39.2 Å². The van der Waals surface area contributed by atoms with Gasteiger partial charge in [0.15, 0.2) is 11.5 Å². The van der Waals surface area contributed by atoms with Crippen LogP contribution in [0.15, 0.2) is 17.0 Å². The Labute approximate surface area is 139 Å². The van der Waals surface area contributed by atoms with Gasteiger partial charge in [-0.3, -0.25) is 0 Å². The minimum atomic E-state index is 0.0199. The Kier molecular flexibility index (Phi) is 4.99. The van der Waals surface area contributed by atoms with Gasteiger partial charge in [-0.2, -0.15) is 10.1 Å². The van der Waals surface area contributed by atoms with Crippen molar-refractivity contribution in [1.82, 2.24) is 29.9 Å². The van der Waals surface area contributed by atoms with E-state index in [0.717, 1.165) is 30.0 Å². The van der Waals surface area contributed by atoms with E-state index in [1.807, 2.05) is 13.8 Å². The Bertz CT molecular complexity index is 796. The van der Waals surface area contributed by atoms with E-state index in [-0.39, 0.29) is 12.5 Å². The van der Waals surface area contributed by atoms with Gasteiger partial charge in [-0.15, -0.1) is 0 Å². The minimum Gasteiger partial charge on any atom is -0.394 e. The molecule has 0 spiro atoms. The first-order chi connectivity index (χ1) is 11.7. The van der Waals surface area contributed by atoms with Gasteiger partial charge in [0.05, 0.1) is 24.7 Å². The minimum absolute atomic E-state index is 0.0199. The van der Waals surface area contributed by atoms with Crippen LogP contribution in [0.2, 0.25) is 0 Å². The number of aliphatic hydroxyl groups is 1. The number of nitrogens with zero attached hydrogens (tertiary/aromatic N) is 6. The Balaban J connectivity index is 1.57. The maximum absolute atomic E-state index is 9.04. The van der Waals surface area contributed by atoms with Crippen LogP contribution in [-0.2, 0) is 13.0 Å². The van der Waals surface area contributed by atoms with E-state index in [9.17, 15) is 0 Å². The van der Waals surface area contributed by atoms with Crippen LogP contribution in [0.1, 0.15) is 37.9 Å². The molecular formula is C15H21N7O2. The highest BCUT2D eigenvalue weighted by atomic mass is 16.5. The average molecular weight is 331 g/mol. The van der Waals surface area contributed by atoms with Crippen molar-refractivity contribution in [3.05, 3.63) is 24.2 Å². The van der Waals surface area contributed by atoms with Crippen LogP contribution >= 0.6 is 0 Å². The maximum Gasteiger partial charge on any atom is 0.226 e. The molecule has 0 bridgehead atoms. The number of aromatic nitrogens is 6. The van der Waals surface area contributed by atoms with Gasteiger partial charge < -0.3 is 14.9 Å². The third kappa shape index (κ3) is 3.51. The predicted molar refractivity (Wildman–Crippen MR) is 87.6 cm³/mol. The van der Waals surface area contributed by atoms with Crippen LogP contribution in [0.5, 0.6) is 0 Å². The third-order valence-corrected chi connectivity index (χ3v) is 3.61. The topological polar surface area (TPSA) is 115 Å². The number of nitrogens with one attached hydrogen (secondary N) is 1. The van der Waals surface area contributed by atoms with Crippen molar-refractivity contribution < 1.29 is 9.63 Å². The summed E-state index contributed by atoms with van der Waals surface area (Å²) in [6.07, 6.45) is 4.76. The first-order valence-electron chi connectivity index (χ1n) is 8.02. The standard InChI is InChI=1S/C15H21N7O2/c1-10(2)13-20-12(24-21-13)4-3-5-16-14-11-8-19-22(6-7-23)15(11)18-9-17-14/h8-10,23H,3-7H2,1-2H3,(H,16,17,18). The van der Waals surface area contributed by atoms with Crippen molar-refractivity contribution in [2.75, 3.05) is 18.5 Å². The van der Waals surface area contributed by atoms with Gasteiger partial charge >= 0.3 is 0 Å². The molecule has 0 unspecified atom stereocenters. The molecule has 0 radical (unpaired) electrons. The lowest BCUT2D eigenvalue weighted by Gasteiger charge is -2.05. The van der Waals surface area contributed by atoms with E-state index >= 15 is 0 Å². The second-order valence-corrected chi connectivity index (χ2v) is 5.78. The van der Waals surface area contributed by atoms with Crippen LogP contribution in [-0.4, -0.2) is 48.1 Å². The van der Waals surface area contributed by atoms with E-state index in [4.69, 9.17) is 9.63 Å². The lowest BCUT2D eigenvalue weighted by Crippen LogP contribution is -2.07. The number of hydrogen-bond donors (Lipinski definition) is 2. The second-order valence-electron chi connectivity index (χ2n) is 5.78. The van der Waals surface area contributed by atoms with Gasteiger partial charge in [0.2, 0.25) is 5.89 Å². The molecule has 0 aliphatic rings. The maximum atomic E-state index is 9.04. The summed E-state index contributed by atoms with van der Waals surface area (Å²) in [6, 6.07) is 0. The highest BCUT2D eigenvalue weighted by Gasteiger charge is 2.11.